The van der Waals surface area contributed by atoms with Gasteiger partial charge in [0.05, 0.1) is 5.75 Å². The zero-order valence-corrected chi connectivity index (χ0v) is 11.1. The van der Waals surface area contributed by atoms with E-state index in [2.05, 4.69) is 0 Å². The lowest BCUT2D eigenvalue weighted by molar-refractivity contribution is -0.140. The molecule has 17 heavy (non-hydrogen) atoms. The molecule has 0 aromatic rings. The van der Waals surface area contributed by atoms with Gasteiger partial charge in [-0.2, -0.15) is 0 Å². The van der Waals surface area contributed by atoms with Crippen LogP contribution in [0.3, 0.4) is 0 Å². The first-order valence-electron chi connectivity index (χ1n) is 5.36. The van der Waals surface area contributed by atoms with E-state index in [9.17, 15) is 18.0 Å². The van der Waals surface area contributed by atoms with Crippen molar-refractivity contribution in [3.63, 3.8) is 0 Å². The Labute approximate surface area is 101 Å². The molecule has 0 rings (SSSR count). The van der Waals surface area contributed by atoms with Crippen LogP contribution in [0.1, 0.15) is 33.6 Å². The standard InChI is InChI=1S/C10H19NO5S/c1-7(2)4-5-17(15,16)11-9(10(13)14)6-8(3)12/h7,9,11H,4-6H2,1-3H3,(H,13,14). The van der Waals surface area contributed by atoms with Crippen LogP contribution in [0.15, 0.2) is 0 Å². The fraction of sp³-hybridized carbons (Fsp3) is 0.800. The normalized spacial score (nSPS) is 13.6. The lowest BCUT2D eigenvalue weighted by Gasteiger charge is -2.14. The van der Waals surface area contributed by atoms with E-state index in [1.54, 1.807) is 0 Å². The number of carboxylic acid groups (broad SMARTS) is 1. The smallest absolute Gasteiger partial charge is 0.322 e. The van der Waals surface area contributed by atoms with E-state index < -0.39 is 22.0 Å². The van der Waals surface area contributed by atoms with Crippen LogP contribution in [0.5, 0.6) is 0 Å². The number of aliphatic carboxylic acids is 1. The Morgan fingerprint density at radius 3 is 2.18 bits per heavy atom. The Morgan fingerprint density at radius 2 is 1.82 bits per heavy atom. The van der Waals surface area contributed by atoms with Crippen molar-refractivity contribution in [3.05, 3.63) is 0 Å². The molecule has 0 radical (unpaired) electrons. The second kappa shape index (κ2) is 6.70. The Hall–Kier alpha value is -0.950. The molecule has 6 nitrogen and oxygen atoms in total. The van der Waals surface area contributed by atoms with Gasteiger partial charge in [-0.25, -0.2) is 13.1 Å². The van der Waals surface area contributed by atoms with Crippen LogP contribution in [0.25, 0.3) is 0 Å². The van der Waals surface area contributed by atoms with Crippen molar-refractivity contribution in [1.82, 2.24) is 4.72 Å². The van der Waals surface area contributed by atoms with Crippen LogP contribution in [-0.2, 0) is 19.6 Å². The van der Waals surface area contributed by atoms with Crippen molar-refractivity contribution in [1.29, 1.82) is 0 Å². The van der Waals surface area contributed by atoms with Crippen molar-refractivity contribution < 1.29 is 23.1 Å². The SMILES string of the molecule is CC(=O)CC(NS(=O)(=O)CCC(C)C)C(=O)O. The van der Waals surface area contributed by atoms with Crippen molar-refractivity contribution in [2.75, 3.05) is 5.75 Å². The molecule has 0 amide bonds. The second-order valence-electron chi connectivity index (χ2n) is 4.42. The van der Waals surface area contributed by atoms with Gasteiger partial charge in [-0.05, 0) is 19.3 Å². The van der Waals surface area contributed by atoms with Gasteiger partial charge in [0, 0.05) is 6.42 Å². The number of hydrogen-bond donors (Lipinski definition) is 2. The summed E-state index contributed by atoms with van der Waals surface area (Å²) in [5.74, 6) is -1.63. The molecule has 2 N–H and O–H groups in total. The molecule has 100 valence electrons. The maximum atomic E-state index is 11.5. The first kappa shape index (κ1) is 16.1. The highest BCUT2D eigenvalue weighted by Crippen LogP contribution is 2.04. The molecule has 0 aromatic heterocycles. The average molecular weight is 265 g/mol. The van der Waals surface area contributed by atoms with E-state index in [1.165, 1.54) is 6.92 Å². The van der Waals surface area contributed by atoms with Crippen LogP contribution in [0.4, 0.5) is 0 Å². The minimum Gasteiger partial charge on any atom is -0.480 e. The monoisotopic (exact) mass is 265 g/mol. The molecule has 0 saturated carbocycles. The van der Waals surface area contributed by atoms with E-state index in [4.69, 9.17) is 5.11 Å². The molecular weight excluding hydrogens is 246 g/mol. The zero-order valence-electron chi connectivity index (χ0n) is 10.3. The quantitative estimate of drug-likeness (QED) is 0.661. The third-order valence-corrected chi connectivity index (χ3v) is 3.49. The van der Waals surface area contributed by atoms with E-state index in [1.807, 2.05) is 18.6 Å². The van der Waals surface area contributed by atoms with Crippen LogP contribution >= 0.6 is 0 Å². The fourth-order valence-corrected chi connectivity index (χ4v) is 2.65. The van der Waals surface area contributed by atoms with Crippen molar-refractivity contribution in [2.24, 2.45) is 5.92 Å². The summed E-state index contributed by atoms with van der Waals surface area (Å²) in [6.07, 6.45) is 0.109. The molecule has 0 aliphatic rings. The number of ketones is 1. The highest BCUT2D eigenvalue weighted by Gasteiger charge is 2.25. The maximum Gasteiger partial charge on any atom is 0.322 e. The van der Waals surface area contributed by atoms with Crippen LogP contribution < -0.4 is 4.72 Å². The van der Waals surface area contributed by atoms with Gasteiger partial charge in [0.25, 0.3) is 0 Å². The highest BCUT2D eigenvalue weighted by atomic mass is 32.2. The number of carbonyl (C=O) groups is 2. The summed E-state index contributed by atoms with van der Waals surface area (Å²) in [5, 5.41) is 8.78. The number of sulfonamides is 1. The Balaban J connectivity index is 4.53. The predicted molar refractivity (Wildman–Crippen MR) is 63.1 cm³/mol. The van der Waals surface area contributed by atoms with Gasteiger partial charge in [0.15, 0.2) is 0 Å². The fourth-order valence-electron chi connectivity index (χ4n) is 1.13. The number of Topliss-reactive ketones (excluding diaryl/α,β-unsaturated/α-hetero) is 1. The summed E-state index contributed by atoms with van der Waals surface area (Å²) in [6, 6.07) is -1.37. The Bertz CT molecular complexity index is 374. The predicted octanol–water partition coefficient (Wildman–Crippen LogP) is 0.384. The lowest BCUT2D eigenvalue weighted by Crippen LogP contribution is -2.43. The summed E-state index contributed by atoms with van der Waals surface area (Å²) in [4.78, 5) is 21.6. The van der Waals surface area contributed by atoms with Gasteiger partial charge in [-0.1, -0.05) is 13.8 Å². The molecule has 1 unspecified atom stereocenters. The van der Waals surface area contributed by atoms with Gasteiger partial charge in [-0.15, -0.1) is 0 Å². The molecule has 0 bridgehead atoms. The molecule has 0 aliphatic carbocycles. The van der Waals surface area contributed by atoms with E-state index in [0.717, 1.165) is 0 Å². The molecular formula is C10H19NO5S. The van der Waals surface area contributed by atoms with E-state index in [-0.39, 0.29) is 23.9 Å². The Morgan fingerprint density at radius 1 is 1.29 bits per heavy atom. The molecule has 0 fully saturated rings. The zero-order chi connectivity index (χ0) is 13.6. The molecule has 1 atom stereocenters. The van der Waals surface area contributed by atoms with Crippen molar-refractivity contribution in [3.8, 4) is 0 Å². The van der Waals surface area contributed by atoms with E-state index >= 15 is 0 Å². The summed E-state index contributed by atoms with van der Waals surface area (Å²) in [6.45, 7) is 4.97. The number of carbonyl (C=O) groups excluding carboxylic acids is 1. The Kier molecular flexibility index (Phi) is 6.33. The first-order valence-corrected chi connectivity index (χ1v) is 7.01. The van der Waals surface area contributed by atoms with Crippen molar-refractivity contribution >= 4 is 21.8 Å². The third kappa shape index (κ3) is 7.87. The molecule has 0 saturated heterocycles. The number of rotatable bonds is 8. The van der Waals surface area contributed by atoms with Gasteiger partial charge in [0.1, 0.15) is 11.8 Å². The third-order valence-electron chi connectivity index (χ3n) is 2.08. The average Bonchev–Trinajstić information content (AvgIpc) is 2.12. The van der Waals surface area contributed by atoms with Gasteiger partial charge in [-0.3, -0.25) is 9.59 Å². The summed E-state index contributed by atoms with van der Waals surface area (Å²) >= 11 is 0. The number of nitrogens with one attached hydrogen (secondary N) is 1. The van der Waals surface area contributed by atoms with Crippen LogP contribution in [0, 0.1) is 5.92 Å². The summed E-state index contributed by atoms with van der Waals surface area (Å²) in [7, 11) is -3.65. The molecule has 7 heteroatoms. The number of carboxylic acids is 1. The summed E-state index contributed by atoms with van der Waals surface area (Å²) < 4.78 is 25.1. The van der Waals surface area contributed by atoms with Crippen LogP contribution in [0.2, 0.25) is 0 Å². The second-order valence-corrected chi connectivity index (χ2v) is 6.29. The topological polar surface area (TPSA) is 101 Å². The van der Waals surface area contributed by atoms with Gasteiger partial charge in [0.2, 0.25) is 10.0 Å². The molecule has 0 aliphatic heterocycles. The first-order chi connectivity index (χ1) is 7.64. The maximum absolute atomic E-state index is 11.5. The lowest BCUT2D eigenvalue weighted by atomic mass is 10.2. The van der Waals surface area contributed by atoms with Crippen LogP contribution in [-0.4, -0.2) is 37.1 Å². The van der Waals surface area contributed by atoms with E-state index in [0.29, 0.717) is 6.42 Å². The van der Waals surface area contributed by atoms with Crippen molar-refractivity contribution in [2.45, 2.75) is 39.7 Å². The van der Waals surface area contributed by atoms with Gasteiger partial charge < -0.3 is 5.11 Å². The molecule has 0 aromatic carbocycles. The molecule has 0 spiro atoms. The largest absolute Gasteiger partial charge is 0.480 e. The number of hydrogen-bond acceptors (Lipinski definition) is 4. The minimum atomic E-state index is -3.65. The minimum absolute atomic E-state index is 0.133. The summed E-state index contributed by atoms with van der Waals surface area (Å²) in [5.41, 5.74) is 0. The highest BCUT2D eigenvalue weighted by molar-refractivity contribution is 7.89. The van der Waals surface area contributed by atoms with Gasteiger partial charge >= 0.3 is 5.97 Å². The molecule has 0 heterocycles.